The number of anilines is 6. The van der Waals surface area contributed by atoms with E-state index in [1.807, 2.05) is 0 Å². The Morgan fingerprint density at radius 2 is 0.362 bits per heavy atom. The standard InChI is InChI=1S/C78H74N2/c1-51-5-13-55(14-6-51)65-41-69(42-65)59-21-31-73(32-22-59)79(74-33-23-60(24-34-74)70-43-66(44-70)56-15-7-52(2)8-16-56)77-39-29-64-50-78(40-30-63(64)49-77)80(75-35-25-61(26-36-75)71-45-67(46-71)57-17-9-53(3)10-18-57)76-37-27-62(28-38-76)72-47-68(48-72)58-19-11-54(4)12-20-58/h5-40,49-50,65-72H,41-48H2,1-4H3. The van der Waals surface area contributed by atoms with Gasteiger partial charge in [-0.1, -0.05) is 180 Å². The van der Waals surface area contributed by atoms with Crippen LogP contribution in [0.5, 0.6) is 0 Å². The zero-order valence-electron chi connectivity index (χ0n) is 47.1. The minimum atomic E-state index is 0.597. The van der Waals surface area contributed by atoms with Crippen LogP contribution in [-0.2, 0) is 0 Å². The second-order valence-corrected chi connectivity index (χ2v) is 24.9. The van der Waals surface area contributed by atoms with Gasteiger partial charge in [-0.05, 0) is 254 Å². The summed E-state index contributed by atoms with van der Waals surface area (Å²) < 4.78 is 0. The molecule has 0 saturated heterocycles. The Morgan fingerprint density at radius 1 is 0.200 bits per heavy atom. The lowest BCUT2D eigenvalue weighted by Crippen LogP contribution is -2.20. The smallest absolute Gasteiger partial charge is 0.0468 e. The minimum Gasteiger partial charge on any atom is -0.310 e. The van der Waals surface area contributed by atoms with Crippen molar-refractivity contribution in [1.29, 1.82) is 0 Å². The molecule has 14 rings (SSSR count). The summed E-state index contributed by atoms with van der Waals surface area (Å²) in [6.45, 7) is 8.72. The van der Waals surface area contributed by atoms with Crippen LogP contribution in [0, 0.1) is 27.7 Å². The molecule has 0 spiro atoms. The van der Waals surface area contributed by atoms with Gasteiger partial charge in [0.25, 0.3) is 0 Å². The summed E-state index contributed by atoms with van der Waals surface area (Å²) in [4.78, 5) is 4.94. The van der Waals surface area contributed by atoms with E-state index >= 15 is 0 Å². The molecule has 4 fully saturated rings. The van der Waals surface area contributed by atoms with Crippen LogP contribution in [0.4, 0.5) is 34.1 Å². The van der Waals surface area contributed by atoms with Crippen molar-refractivity contribution in [1.82, 2.24) is 0 Å². The molecule has 0 heterocycles. The molecular weight excluding hydrogens is 965 g/mol. The van der Waals surface area contributed by atoms with E-state index in [4.69, 9.17) is 0 Å². The molecule has 0 amide bonds. The van der Waals surface area contributed by atoms with Gasteiger partial charge in [0.15, 0.2) is 0 Å². The van der Waals surface area contributed by atoms with Crippen LogP contribution in [-0.4, -0.2) is 0 Å². The van der Waals surface area contributed by atoms with E-state index in [1.54, 1.807) is 0 Å². The van der Waals surface area contributed by atoms with Crippen LogP contribution in [0.2, 0.25) is 0 Å². The van der Waals surface area contributed by atoms with Crippen LogP contribution < -0.4 is 9.80 Å². The van der Waals surface area contributed by atoms with E-state index in [-0.39, 0.29) is 0 Å². The van der Waals surface area contributed by atoms with Crippen LogP contribution in [0.15, 0.2) is 231 Å². The minimum absolute atomic E-state index is 0.597. The van der Waals surface area contributed by atoms with E-state index < -0.39 is 0 Å². The van der Waals surface area contributed by atoms with Crippen molar-refractivity contribution in [2.24, 2.45) is 0 Å². The molecule has 0 unspecified atom stereocenters. The maximum absolute atomic E-state index is 2.47. The first kappa shape index (κ1) is 50.3. The lowest BCUT2D eigenvalue weighted by atomic mass is 9.68. The quantitative estimate of drug-likeness (QED) is 0.107. The molecule has 4 aliphatic rings. The van der Waals surface area contributed by atoms with E-state index in [2.05, 4.69) is 268 Å². The molecule has 80 heavy (non-hydrogen) atoms. The summed E-state index contributed by atoms with van der Waals surface area (Å²) in [5, 5.41) is 2.45. The van der Waals surface area contributed by atoms with Gasteiger partial charge in [-0.2, -0.15) is 0 Å². The molecule has 4 aliphatic carbocycles. The zero-order valence-corrected chi connectivity index (χ0v) is 47.1. The summed E-state index contributed by atoms with van der Waals surface area (Å²) >= 11 is 0. The Morgan fingerprint density at radius 3 is 0.550 bits per heavy atom. The Labute approximate surface area is 475 Å². The van der Waals surface area contributed by atoms with Crippen molar-refractivity contribution in [3.63, 3.8) is 0 Å². The number of hydrogen-bond acceptors (Lipinski definition) is 2. The van der Waals surface area contributed by atoms with Gasteiger partial charge in [0, 0.05) is 34.1 Å². The van der Waals surface area contributed by atoms with Crippen molar-refractivity contribution < 1.29 is 0 Å². The van der Waals surface area contributed by atoms with Crippen molar-refractivity contribution in [3.05, 3.63) is 297 Å². The van der Waals surface area contributed by atoms with Crippen molar-refractivity contribution in [2.45, 2.75) is 126 Å². The lowest BCUT2D eigenvalue weighted by Gasteiger charge is -2.37. The normalized spacial score (nSPS) is 22.1. The number of rotatable bonds is 14. The van der Waals surface area contributed by atoms with Gasteiger partial charge < -0.3 is 9.80 Å². The van der Waals surface area contributed by atoms with Gasteiger partial charge in [0.05, 0.1) is 0 Å². The first-order valence-corrected chi connectivity index (χ1v) is 30.0. The fourth-order valence-corrected chi connectivity index (χ4v) is 14.0. The number of fused-ring (bicyclic) bond motifs is 1. The fraction of sp³-hybridized carbons (Fsp3) is 0.256. The lowest BCUT2D eigenvalue weighted by molar-refractivity contribution is 0.351. The predicted molar refractivity (Wildman–Crippen MR) is 337 cm³/mol. The Kier molecular flexibility index (Phi) is 13.4. The van der Waals surface area contributed by atoms with Crippen molar-refractivity contribution in [3.8, 4) is 0 Å². The molecule has 4 saturated carbocycles. The van der Waals surface area contributed by atoms with Crippen LogP contribution in [0.3, 0.4) is 0 Å². The van der Waals surface area contributed by atoms with Crippen LogP contribution in [0.25, 0.3) is 10.8 Å². The third-order valence-electron chi connectivity index (χ3n) is 19.6. The molecule has 396 valence electrons. The molecule has 2 heteroatoms. The van der Waals surface area contributed by atoms with Gasteiger partial charge in [-0.3, -0.25) is 0 Å². The Hall–Kier alpha value is -7.94. The summed E-state index contributed by atoms with van der Waals surface area (Å²) in [6, 6.07) is 89.0. The van der Waals surface area contributed by atoms with Crippen molar-refractivity contribution >= 4 is 44.9 Å². The summed E-state index contributed by atoms with van der Waals surface area (Å²) in [6.07, 6.45) is 9.71. The zero-order chi connectivity index (χ0) is 53.8. The molecular formula is C78H74N2. The third-order valence-corrected chi connectivity index (χ3v) is 19.6. The van der Waals surface area contributed by atoms with Gasteiger partial charge in [-0.25, -0.2) is 0 Å². The number of benzene rings is 10. The summed E-state index contributed by atoms with van der Waals surface area (Å²) in [5.41, 5.74) is 24.1. The van der Waals surface area contributed by atoms with E-state index in [0.29, 0.717) is 47.3 Å². The highest BCUT2D eigenvalue weighted by atomic mass is 15.1. The highest BCUT2D eigenvalue weighted by Gasteiger charge is 2.35. The Bertz CT molecular complexity index is 3280. The molecule has 0 N–H and O–H groups in total. The average molecular weight is 1040 g/mol. The second-order valence-electron chi connectivity index (χ2n) is 24.9. The van der Waals surface area contributed by atoms with Crippen LogP contribution in [0.1, 0.15) is 165 Å². The SMILES string of the molecule is Cc1ccc(C2CC(c3ccc(N(c4ccc(C5CC(c6ccc(C)cc6)C5)cc4)c4ccc5cc(N(c6ccc(C7CC(c8ccc(C)cc8)C7)cc6)c6ccc(C7CC(c8ccc(C)cc8)C7)cc6)ccc5c4)cc3)C2)cc1. The van der Waals surface area contributed by atoms with Gasteiger partial charge >= 0.3 is 0 Å². The molecule has 10 aromatic carbocycles. The van der Waals surface area contributed by atoms with Gasteiger partial charge in [0.1, 0.15) is 0 Å². The van der Waals surface area contributed by atoms with E-state index in [1.165, 1.54) is 163 Å². The molecule has 0 atom stereocenters. The first-order valence-electron chi connectivity index (χ1n) is 30.0. The molecule has 0 radical (unpaired) electrons. The average Bonchev–Trinajstić information content (AvgIpc) is 3.63. The largest absolute Gasteiger partial charge is 0.310 e. The summed E-state index contributed by atoms with van der Waals surface area (Å²) in [7, 11) is 0. The number of nitrogens with zero attached hydrogens (tertiary/aromatic N) is 2. The molecule has 0 aromatic heterocycles. The van der Waals surface area contributed by atoms with Crippen molar-refractivity contribution in [2.75, 3.05) is 9.80 Å². The fourth-order valence-electron chi connectivity index (χ4n) is 14.0. The maximum atomic E-state index is 2.47. The second kappa shape index (κ2) is 21.3. The molecule has 10 aromatic rings. The highest BCUT2D eigenvalue weighted by Crippen LogP contribution is 2.52. The maximum Gasteiger partial charge on any atom is 0.0468 e. The molecule has 2 nitrogen and oxygen atoms in total. The van der Waals surface area contributed by atoms with Crippen LogP contribution >= 0.6 is 0 Å². The van der Waals surface area contributed by atoms with Gasteiger partial charge in [0.2, 0.25) is 0 Å². The van der Waals surface area contributed by atoms with E-state index in [9.17, 15) is 0 Å². The summed E-state index contributed by atoms with van der Waals surface area (Å²) in [5.74, 6) is 4.98. The molecule has 0 bridgehead atoms. The topological polar surface area (TPSA) is 6.48 Å². The van der Waals surface area contributed by atoms with E-state index in [0.717, 1.165) is 0 Å². The van der Waals surface area contributed by atoms with Gasteiger partial charge in [-0.15, -0.1) is 0 Å². The third kappa shape index (κ3) is 10.1. The number of aryl methyl sites for hydroxylation is 4. The molecule has 0 aliphatic heterocycles. The monoisotopic (exact) mass is 1040 g/mol. The Balaban J connectivity index is 0.749. The first-order chi connectivity index (χ1) is 39.2. The predicted octanol–water partition coefficient (Wildman–Crippen LogP) is 21.7. The number of hydrogen-bond donors (Lipinski definition) is 0. The highest BCUT2D eigenvalue weighted by molar-refractivity contribution is 5.93.